The van der Waals surface area contributed by atoms with E-state index in [1.807, 2.05) is 20.8 Å². The van der Waals surface area contributed by atoms with Crippen LogP contribution in [0.5, 0.6) is 0 Å². The van der Waals surface area contributed by atoms with E-state index in [9.17, 15) is 9.70 Å². The van der Waals surface area contributed by atoms with Crippen molar-refractivity contribution in [3.63, 3.8) is 0 Å². The topological polar surface area (TPSA) is 84.0 Å². The summed E-state index contributed by atoms with van der Waals surface area (Å²) >= 11 is 0. The number of nitrogens with zero attached hydrogens (tertiary/aromatic N) is 3. The highest BCUT2D eigenvalue weighted by Crippen LogP contribution is 2.31. The van der Waals surface area contributed by atoms with Gasteiger partial charge in [-0.15, -0.1) is 4.91 Å². The minimum atomic E-state index is -1.06. The van der Waals surface area contributed by atoms with E-state index < -0.39 is 5.97 Å². The van der Waals surface area contributed by atoms with Crippen molar-refractivity contribution in [1.29, 1.82) is 0 Å². The van der Waals surface area contributed by atoms with Gasteiger partial charge in [-0.25, -0.2) is 9.78 Å². The first-order valence-electron chi connectivity index (χ1n) is 5.44. The Morgan fingerprint density at radius 2 is 2.06 bits per heavy atom. The Kier molecular flexibility index (Phi) is 2.65. The summed E-state index contributed by atoms with van der Waals surface area (Å²) in [6.45, 7) is 5.75. The van der Waals surface area contributed by atoms with Crippen LogP contribution in [0.4, 0.5) is 5.82 Å². The van der Waals surface area contributed by atoms with Crippen LogP contribution in [0.2, 0.25) is 0 Å². The maximum atomic E-state index is 11.0. The first kappa shape index (κ1) is 12.2. The molecule has 0 unspecified atom stereocenters. The number of nitroso groups, excluding NO2 is 1. The molecule has 0 aliphatic heterocycles. The number of aromatic carboxylic acids is 1. The smallest absolute Gasteiger partial charge is 0.337 e. The van der Waals surface area contributed by atoms with Crippen LogP contribution in [-0.4, -0.2) is 20.5 Å². The Balaban J connectivity index is 2.78. The van der Waals surface area contributed by atoms with Gasteiger partial charge in [0, 0.05) is 11.6 Å². The Morgan fingerprint density at radius 1 is 1.39 bits per heavy atom. The van der Waals surface area contributed by atoms with E-state index in [4.69, 9.17) is 5.11 Å². The van der Waals surface area contributed by atoms with Crippen LogP contribution in [0.15, 0.2) is 23.5 Å². The number of rotatable bonds is 2. The lowest BCUT2D eigenvalue weighted by molar-refractivity contribution is 0.0696. The zero-order valence-corrected chi connectivity index (χ0v) is 10.3. The standard InChI is InChI=1S/C12H13N3O3/c1-12(2,3)9-10(14-18)15-6-7(11(16)17)4-5-8(15)13-9/h4-6H,1-3H3,(H,16,17). The number of hydrogen-bond donors (Lipinski definition) is 1. The summed E-state index contributed by atoms with van der Waals surface area (Å²) in [5, 5.41) is 11.9. The maximum Gasteiger partial charge on any atom is 0.337 e. The van der Waals surface area contributed by atoms with Crippen LogP contribution in [-0.2, 0) is 5.41 Å². The number of imidazole rings is 1. The van der Waals surface area contributed by atoms with Crippen LogP contribution in [0.1, 0.15) is 36.8 Å². The van der Waals surface area contributed by atoms with E-state index in [0.29, 0.717) is 11.3 Å². The normalized spacial score (nSPS) is 11.7. The van der Waals surface area contributed by atoms with Gasteiger partial charge >= 0.3 is 5.97 Å². The molecule has 18 heavy (non-hydrogen) atoms. The van der Waals surface area contributed by atoms with Crippen molar-refractivity contribution in [2.24, 2.45) is 5.18 Å². The van der Waals surface area contributed by atoms with Crippen molar-refractivity contribution in [3.05, 3.63) is 34.5 Å². The summed E-state index contributed by atoms with van der Waals surface area (Å²) in [5.41, 5.74) is 0.823. The average Bonchev–Trinajstić information content (AvgIpc) is 2.65. The van der Waals surface area contributed by atoms with Crippen molar-refractivity contribution >= 4 is 17.4 Å². The number of hydrogen-bond acceptors (Lipinski definition) is 4. The Labute approximate surface area is 103 Å². The van der Waals surface area contributed by atoms with Crippen LogP contribution >= 0.6 is 0 Å². The molecule has 0 atom stereocenters. The molecule has 0 amide bonds. The third-order valence-electron chi connectivity index (χ3n) is 2.64. The first-order chi connectivity index (χ1) is 8.34. The fraction of sp³-hybridized carbons (Fsp3) is 0.333. The third-order valence-corrected chi connectivity index (χ3v) is 2.64. The molecule has 1 N–H and O–H groups in total. The molecule has 0 aliphatic carbocycles. The second-order valence-corrected chi connectivity index (χ2v) is 5.08. The lowest BCUT2D eigenvalue weighted by Crippen LogP contribution is -2.11. The molecule has 2 rings (SSSR count). The van der Waals surface area contributed by atoms with Crippen LogP contribution < -0.4 is 0 Å². The second kappa shape index (κ2) is 3.90. The van der Waals surface area contributed by atoms with Gasteiger partial charge in [-0.2, -0.15) is 0 Å². The zero-order valence-electron chi connectivity index (χ0n) is 10.3. The monoisotopic (exact) mass is 247 g/mol. The molecule has 0 aliphatic rings. The summed E-state index contributed by atoms with van der Waals surface area (Å²) in [6, 6.07) is 3.01. The summed E-state index contributed by atoms with van der Waals surface area (Å²) < 4.78 is 1.41. The van der Waals surface area contributed by atoms with Gasteiger partial charge in [0.2, 0.25) is 5.82 Å². The number of aromatic nitrogens is 2. The average molecular weight is 247 g/mol. The Bertz CT molecular complexity index is 638. The van der Waals surface area contributed by atoms with Crippen molar-refractivity contribution in [1.82, 2.24) is 9.38 Å². The van der Waals surface area contributed by atoms with Gasteiger partial charge in [-0.05, 0) is 17.3 Å². The highest BCUT2D eigenvalue weighted by molar-refractivity contribution is 5.87. The van der Waals surface area contributed by atoms with Crippen LogP contribution in [0.3, 0.4) is 0 Å². The number of carboxylic acid groups (broad SMARTS) is 1. The molecule has 6 heteroatoms. The van der Waals surface area contributed by atoms with Crippen molar-refractivity contribution in [2.45, 2.75) is 26.2 Å². The fourth-order valence-electron chi connectivity index (χ4n) is 1.75. The molecule has 2 heterocycles. The predicted molar refractivity (Wildman–Crippen MR) is 66.3 cm³/mol. The second-order valence-electron chi connectivity index (χ2n) is 5.08. The van der Waals surface area contributed by atoms with Gasteiger partial charge in [0.05, 0.1) is 11.3 Å². The van der Waals surface area contributed by atoms with Crippen molar-refractivity contribution in [2.75, 3.05) is 0 Å². The van der Waals surface area contributed by atoms with E-state index in [1.54, 1.807) is 6.07 Å². The molecule has 2 aromatic heterocycles. The summed E-state index contributed by atoms with van der Waals surface area (Å²) in [7, 11) is 0. The van der Waals surface area contributed by atoms with Crippen LogP contribution in [0.25, 0.3) is 5.65 Å². The summed E-state index contributed by atoms with van der Waals surface area (Å²) in [5.74, 6) is -0.902. The Morgan fingerprint density at radius 3 is 2.56 bits per heavy atom. The van der Waals surface area contributed by atoms with Gasteiger partial charge < -0.3 is 5.11 Å². The molecule has 2 aromatic rings. The van der Waals surface area contributed by atoms with E-state index in [1.165, 1.54) is 16.7 Å². The number of carboxylic acids is 1. The molecule has 94 valence electrons. The molecule has 0 fully saturated rings. The number of fused-ring (bicyclic) bond motifs is 1. The van der Waals surface area contributed by atoms with Gasteiger partial charge in [0.1, 0.15) is 5.65 Å². The van der Waals surface area contributed by atoms with Crippen molar-refractivity contribution < 1.29 is 9.90 Å². The van der Waals surface area contributed by atoms with Crippen molar-refractivity contribution in [3.8, 4) is 0 Å². The number of pyridine rings is 1. The predicted octanol–water partition coefficient (Wildman–Crippen LogP) is 2.73. The van der Waals surface area contributed by atoms with E-state index >= 15 is 0 Å². The molecular weight excluding hydrogens is 234 g/mol. The highest BCUT2D eigenvalue weighted by atomic mass is 16.4. The van der Waals surface area contributed by atoms with Gasteiger partial charge in [0.25, 0.3) is 0 Å². The Hall–Kier alpha value is -2.24. The van der Waals surface area contributed by atoms with Gasteiger partial charge in [-0.1, -0.05) is 20.8 Å². The summed E-state index contributed by atoms with van der Waals surface area (Å²) in [6.07, 6.45) is 1.36. The quantitative estimate of drug-likeness (QED) is 0.827. The zero-order chi connectivity index (χ0) is 13.5. The van der Waals surface area contributed by atoms with Gasteiger partial charge in [-0.3, -0.25) is 4.40 Å². The molecule has 0 aromatic carbocycles. The molecule has 0 bridgehead atoms. The fourth-order valence-corrected chi connectivity index (χ4v) is 1.75. The summed E-state index contributed by atoms with van der Waals surface area (Å²) in [4.78, 5) is 26.2. The molecular formula is C12H13N3O3. The molecule has 0 radical (unpaired) electrons. The molecule has 0 saturated heterocycles. The minimum Gasteiger partial charge on any atom is -0.478 e. The molecule has 6 nitrogen and oxygen atoms in total. The number of carbonyl (C=O) groups is 1. The largest absolute Gasteiger partial charge is 0.478 e. The lowest BCUT2D eigenvalue weighted by atomic mass is 9.92. The maximum absolute atomic E-state index is 11.0. The lowest BCUT2D eigenvalue weighted by Gasteiger charge is -2.14. The minimum absolute atomic E-state index is 0.0882. The van der Waals surface area contributed by atoms with Gasteiger partial charge in [0.15, 0.2) is 0 Å². The third kappa shape index (κ3) is 1.85. The first-order valence-corrected chi connectivity index (χ1v) is 5.44. The van der Waals surface area contributed by atoms with Crippen LogP contribution in [0, 0.1) is 4.91 Å². The van der Waals surface area contributed by atoms with E-state index in [-0.39, 0.29) is 16.8 Å². The van der Waals surface area contributed by atoms with E-state index in [2.05, 4.69) is 10.2 Å². The molecule has 0 saturated carbocycles. The highest BCUT2D eigenvalue weighted by Gasteiger charge is 2.25. The SMILES string of the molecule is CC(C)(C)c1nc2ccc(C(=O)O)cn2c1N=O. The molecule has 0 spiro atoms. The van der Waals surface area contributed by atoms with E-state index in [0.717, 1.165) is 0 Å².